The Labute approximate surface area is 119 Å². The number of hydrogen-bond donors (Lipinski definition) is 2. The van der Waals surface area contributed by atoms with Gasteiger partial charge in [0.25, 0.3) is 0 Å². The van der Waals surface area contributed by atoms with E-state index in [1.165, 1.54) is 30.3 Å². The highest BCUT2D eigenvalue weighted by Crippen LogP contribution is 2.30. The Balaban J connectivity index is 2.03. The SMILES string of the molecule is OC(CNc1cccc(C(F)(F)F)c1)c1cccc(F)c1. The highest BCUT2D eigenvalue weighted by molar-refractivity contribution is 5.46. The number of nitrogens with one attached hydrogen (secondary N) is 1. The molecule has 0 saturated heterocycles. The minimum Gasteiger partial charge on any atom is -0.387 e. The largest absolute Gasteiger partial charge is 0.416 e. The molecule has 0 heterocycles. The fraction of sp³-hybridized carbons (Fsp3) is 0.200. The number of alkyl halides is 3. The van der Waals surface area contributed by atoms with Gasteiger partial charge < -0.3 is 10.4 Å². The summed E-state index contributed by atoms with van der Waals surface area (Å²) in [7, 11) is 0. The van der Waals surface area contributed by atoms with Crippen molar-refractivity contribution in [1.82, 2.24) is 0 Å². The van der Waals surface area contributed by atoms with Crippen molar-refractivity contribution < 1.29 is 22.7 Å². The molecule has 6 heteroatoms. The third-order valence-electron chi connectivity index (χ3n) is 2.92. The van der Waals surface area contributed by atoms with Crippen LogP contribution in [0.3, 0.4) is 0 Å². The van der Waals surface area contributed by atoms with Gasteiger partial charge in [0.1, 0.15) is 5.82 Å². The molecular formula is C15H13F4NO. The Morgan fingerprint density at radius 3 is 2.43 bits per heavy atom. The summed E-state index contributed by atoms with van der Waals surface area (Å²) in [6.07, 6.45) is -5.44. The summed E-state index contributed by atoms with van der Waals surface area (Å²) in [4.78, 5) is 0. The zero-order valence-electron chi connectivity index (χ0n) is 10.9. The molecular weight excluding hydrogens is 286 g/mol. The van der Waals surface area contributed by atoms with E-state index in [1.54, 1.807) is 6.07 Å². The molecule has 21 heavy (non-hydrogen) atoms. The van der Waals surface area contributed by atoms with Crippen LogP contribution in [0.15, 0.2) is 48.5 Å². The first kappa shape index (κ1) is 15.3. The van der Waals surface area contributed by atoms with E-state index in [-0.39, 0.29) is 12.2 Å². The summed E-state index contributed by atoms with van der Waals surface area (Å²) in [5, 5.41) is 12.6. The summed E-state index contributed by atoms with van der Waals surface area (Å²) in [6, 6.07) is 10.1. The van der Waals surface area contributed by atoms with E-state index < -0.39 is 23.7 Å². The van der Waals surface area contributed by atoms with Crippen molar-refractivity contribution in [3.8, 4) is 0 Å². The molecule has 0 aliphatic rings. The van der Waals surface area contributed by atoms with Gasteiger partial charge in [-0.3, -0.25) is 0 Å². The van der Waals surface area contributed by atoms with Crippen LogP contribution in [0, 0.1) is 5.82 Å². The average molecular weight is 299 g/mol. The number of anilines is 1. The van der Waals surface area contributed by atoms with Crippen LogP contribution in [0.1, 0.15) is 17.2 Å². The Morgan fingerprint density at radius 1 is 1.05 bits per heavy atom. The van der Waals surface area contributed by atoms with Crippen molar-refractivity contribution in [2.75, 3.05) is 11.9 Å². The van der Waals surface area contributed by atoms with E-state index in [0.29, 0.717) is 5.56 Å². The summed E-state index contributed by atoms with van der Waals surface area (Å²) in [6.45, 7) is -0.0231. The number of aliphatic hydroxyl groups is 1. The van der Waals surface area contributed by atoms with Gasteiger partial charge >= 0.3 is 6.18 Å². The van der Waals surface area contributed by atoms with E-state index in [1.807, 2.05) is 0 Å². The highest BCUT2D eigenvalue weighted by atomic mass is 19.4. The van der Waals surface area contributed by atoms with Gasteiger partial charge in [-0.2, -0.15) is 13.2 Å². The monoisotopic (exact) mass is 299 g/mol. The lowest BCUT2D eigenvalue weighted by molar-refractivity contribution is -0.137. The summed E-state index contributed by atoms with van der Waals surface area (Å²) in [5.41, 5.74) is -0.178. The second-order valence-corrected chi connectivity index (χ2v) is 4.53. The molecule has 1 unspecified atom stereocenters. The summed E-state index contributed by atoms with van der Waals surface area (Å²) in [5.74, 6) is -0.481. The maximum atomic E-state index is 13.0. The molecule has 0 aromatic heterocycles. The second kappa shape index (κ2) is 6.13. The van der Waals surface area contributed by atoms with Gasteiger partial charge in [-0.05, 0) is 35.9 Å². The lowest BCUT2D eigenvalue weighted by Gasteiger charge is -2.14. The van der Waals surface area contributed by atoms with Gasteiger partial charge in [0.05, 0.1) is 11.7 Å². The first-order chi connectivity index (χ1) is 9.86. The fourth-order valence-electron chi connectivity index (χ4n) is 1.85. The minimum atomic E-state index is -4.42. The number of benzene rings is 2. The maximum Gasteiger partial charge on any atom is 0.416 e. The Hall–Kier alpha value is -2.08. The Kier molecular flexibility index (Phi) is 4.47. The molecule has 0 aliphatic carbocycles. The summed E-state index contributed by atoms with van der Waals surface area (Å²) >= 11 is 0. The van der Waals surface area contributed by atoms with Gasteiger partial charge in [-0.15, -0.1) is 0 Å². The molecule has 2 nitrogen and oxygen atoms in total. The van der Waals surface area contributed by atoms with E-state index >= 15 is 0 Å². The standard InChI is InChI=1S/C15H13F4NO/c16-12-5-1-3-10(7-12)14(21)9-20-13-6-2-4-11(8-13)15(17,18)19/h1-8,14,20-21H,9H2. The van der Waals surface area contributed by atoms with Gasteiger partial charge in [-0.25, -0.2) is 4.39 Å². The minimum absolute atomic E-state index is 0.0231. The molecule has 0 amide bonds. The predicted octanol–water partition coefficient (Wildman–Crippen LogP) is 3.99. The quantitative estimate of drug-likeness (QED) is 0.837. The number of halogens is 4. The van der Waals surface area contributed by atoms with Crippen molar-refractivity contribution in [1.29, 1.82) is 0 Å². The van der Waals surface area contributed by atoms with Gasteiger partial charge in [0.2, 0.25) is 0 Å². The molecule has 112 valence electrons. The van der Waals surface area contributed by atoms with Crippen molar-refractivity contribution in [2.24, 2.45) is 0 Å². The number of hydrogen-bond acceptors (Lipinski definition) is 2. The van der Waals surface area contributed by atoms with Crippen LogP contribution < -0.4 is 5.32 Å². The maximum absolute atomic E-state index is 13.0. The zero-order valence-corrected chi connectivity index (χ0v) is 10.9. The van der Waals surface area contributed by atoms with E-state index in [9.17, 15) is 22.7 Å². The molecule has 2 aromatic rings. The van der Waals surface area contributed by atoms with Gasteiger partial charge in [0.15, 0.2) is 0 Å². The third kappa shape index (κ3) is 4.19. The van der Waals surface area contributed by atoms with Crippen LogP contribution in [0.5, 0.6) is 0 Å². The van der Waals surface area contributed by atoms with Crippen LogP contribution in [-0.2, 0) is 6.18 Å². The first-order valence-corrected chi connectivity index (χ1v) is 6.21. The fourth-order valence-corrected chi connectivity index (χ4v) is 1.85. The summed E-state index contributed by atoms with van der Waals surface area (Å²) < 4.78 is 50.7. The molecule has 0 aliphatic heterocycles. The zero-order chi connectivity index (χ0) is 15.5. The van der Waals surface area contributed by atoms with Crippen LogP contribution >= 0.6 is 0 Å². The molecule has 0 saturated carbocycles. The highest BCUT2D eigenvalue weighted by Gasteiger charge is 2.30. The van der Waals surface area contributed by atoms with Crippen molar-refractivity contribution in [2.45, 2.75) is 12.3 Å². The molecule has 0 spiro atoms. The Bertz CT molecular complexity index is 613. The lowest BCUT2D eigenvalue weighted by atomic mass is 10.1. The van der Waals surface area contributed by atoms with Crippen LogP contribution in [0.25, 0.3) is 0 Å². The lowest BCUT2D eigenvalue weighted by Crippen LogP contribution is -2.13. The van der Waals surface area contributed by atoms with Crippen molar-refractivity contribution in [3.05, 3.63) is 65.5 Å². The van der Waals surface area contributed by atoms with Crippen molar-refractivity contribution in [3.63, 3.8) is 0 Å². The molecule has 0 fully saturated rings. The van der Waals surface area contributed by atoms with E-state index in [0.717, 1.165) is 12.1 Å². The van der Waals surface area contributed by atoms with Crippen LogP contribution in [0.4, 0.5) is 23.2 Å². The average Bonchev–Trinajstić information content (AvgIpc) is 2.44. The Morgan fingerprint density at radius 2 is 1.76 bits per heavy atom. The van der Waals surface area contributed by atoms with Crippen LogP contribution in [0.2, 0.25) is 0 Å². The number of rotatable bonds is 4. The molecule has 0 bridgehead atoms. The molecule has 2 aromatic carbocycles. The topological polar surface area (TPSA) is 32.3 Å². The first-order valence-electron chi connectivity index (χ1n) is 6.21. The predicted molar refractivity (Wildman–Crippen MR) is 71.3 cm³/mol. The third-order valence-corrected chi connectivity index (χ3v) is 2.92. The second-order valence-electron chi connectivity index (χ2n) is 4.53. The molecule has 2 N–H and O–H groups in total. The smallest absolute Gasteiger partial charge is 0.387 e. The van der Waals surface area contributed by atoms with E-state index in [2.05, 4.69) is 5.32 Å². The normalized spacial score (nSPS) is 13.0. The molecule has 0 radical (unpaired) electrons. The van der Waals surface area contributed by atoms with Gasteiger partial charge in [-0.1, -0.05) is 18.2 Å². The molecule has 2 rings (SSSR count). The molecule has 1 atom stereocenters. The van der Waals surface area contributed by atoms with Gasteiger partial charge in [0, 0.05) is 12.2 Å². The number of aliphatic hydroxyl groups excluding tert-OH is 1. The van der Waals surface area contributed by atoms with Crippen molar-refractivity contribution >= 4 is 5.69 Å². The van der Waals surface area contributed by atoms with E-state index in [4.69, 9.17) is 0 Å². The van der Waals surface area contributed by atoms with Crippen LogP contribution in [-0.4, -0.2) is 11.7 Å².